The average Bonchev–Trinajstić information content (AvgIpc) is 3.13. The van der Waals surface area contributed by atoms with Crippen LogP contribution in [0.2, 0.25) is 0 Å². The van der Waals surface area contributed by atoms with Crippen molar-refractivity contribution in [3.05, 3.63) is 40.7 Å². The molecule has 18 heavy (non-hydrogen) atoms. The Balaban J connectivity index is 1.70. The molecule has 3 rings (SSSR count). The van der Waals surface area contributed by atoms with Crippen molar-refractivity contribution < 1.29 is 4.42 Å². The van der Waals surface area contributed by atoms with Gasteiger partial charge in [0.1, 0.15) is 10.8 Å². The summed E-state index contributed by atoms with van der Waals surface area (Å²) >= 11 is 1.74. The maximum atomic E-state index is 5.48. The summed E-state index contributed by atoms with van der Waals surface area (Å²) in [7, 11) is 0. The second-order valence-electron chi connectivity index (χ2n) is 4.85. The van der Waals surface area contributed by atoms with Crippen LogP contribution < -0.4 is 0 Å². The molecule has 0 N–H and O–H groups in total. The fourth-order valence-electron chi connectivity index (χ4n) is 2.69. The SMILES string of the molecule is c1coc(CN(Cc2nccs2)C2CCCC2)c1. The van der Waals surface area contributed by atoms with Gasteiger partial charge in [-0.05, 0) is 25.0 Å². The molecule has 2 aromatic rings. The first-order chi connectivity index (χ1) is 8.92. The van der Waals surface area contributed by atoms with Gasteiger partial charge >= 0.3 is 0 Å². The molecule has 1 fully saturated rings. The molecule has 0 atom stereocenters. The minimum atomic E-state index is 0.694. The highest BCUT2D eigenvalue weighted by atomic mass is 32.1. The third kappa shape index (κ3) is 2.82. The van der Waals surface area contributed by atoms with E-state index in [-0.39, 0.29) is 0 Å². The van der Waals surface area contributed by atoms with Gasteiger partial charge < -0.3 is 4.42 Å². The van der Waals surface area contributed by atoms with Crippen molar-refractivity contribution in [1.82, 2.24) is 9.88 Å². The number of thiazole rings is 1. The van der Waals surface area contributed by atoms with Gasteiger partial charge in [0.05, 0.1) is 19.4 Å². The normalized spacial score (nSPS) is 16.7. The maximum absolute atomic E-state index is 5.48. The van der Waals surface area contributed by atoms with E-state index in [2.05, 4.69) is 21.3 Å². The van der Waals surface area contributed by atoms with E-state index in [4.69, 9.17) is 4.42 Å². The van der Waals surface area contributed by atoms with E-state index < -0.39 is 0 Å². The molecule has 0 aromatic carbocycles. The van der Waals surface area contributed by atoms with Gasteiger partial charge in [-0.2, -0.15) is 0 Å². The van der Waals surface area contributed by atoms with Crippen molar-refractivity contribution >= 4 is 11.3 Å². The number of rotatable bonds is 5. The number of aromatic nitrogens is 1. The minimum absolute atomic E-state index is 0.694. The molecule has 2 heterocycles. The zero-order chi connectivity index (χ0) is 12.2. The number of furan rings is 1. The summed E-state index contributed by atoms with van der Waals surface area (Å²) in [5.41, 5.74) is 0. The fraction of sp³-hybridized carbons (Fsp3) is 0.500. The summed E-state index contributed by atoms with van der Waals surface area (Å²) in [6.07, 6.45) is 8.98. The fourth-order valence-corrected chi connectivity index (χ4v) is 3.33. The summed E-state index contributed by atoms with van der Waals surface area (Å²) in [6.45, 7) is 1.85. The van der Waals surface area contributed by atoms with Crippen molar-refractivity contribution in [2.24, 2.45) is 0 Å². The van der Waals surface area contributed by atoms with Crippen molar-refractivity contribution in [3.63, 3.8) is 0 Å². The van der Waals surface area contributed by atoms with Crippen LogP contribution >= 0.6 is 11.3 Å². The van der Waals surface area contributed by atoms with E-state index in [1.165, 1.54) is 30.7 Å². The van der Waals surface area contributed by atoms with Crippen molar-refractivity contribution in [2.45, 2.75) is 44.8 Å². The van der Waals surface area contributed by atoms with Crippen LogP contribution in [0, 0.1) is 0 Å². The molecular formula is C14H18N2OS. The van der Waals surface area contributed by atoms with E-state index in [1.54, 1.807) is 17.6 Å². The summed E-state index contributed by atoms with van der Waals surface area (Å²) in [5, 5.41) is 3.25. The van der Waals surface area contributed by atoms with Crippen molar-refractivity contribution in [3.8, 4) is 0 Å². The number of nitrogens with zero attached hydrogens (tertiary/aromatic N) is 2. The Kier molecular flexibility index (Phi) is 3.76. The van der Waals surface area contributed by atoms with Crippen LogP contribution in [0.25, 0.3) is 0 Å². The molecule has 0 amide bonds. The molecule has 96 valence electrons. The van der Waals surface area contributed by atoms with Crippen LogP contribution in [0.1, 0.15) is 36.5 Å². The molecule has 0 saturated heterocycles. The molecule has 0 unspecified atom stereocenters. The minimum Gasteiger partial charge on any atom is -0.468 e. The van der Waals surface area contributed by atoms with Gasteiger partial charge in [0.15, 0.2) is 0 Å². The lowest BCUT2D eigenvalue weighted by Crippen LogP contribution is -2.32. The van der Waals surface area contributed by atoms with Crippen LogP contribution in [-0.2, 0) is 13.1 Å². The van der Waals surface area contributed by atoms with Crippen LogP contribution in [0.15, 0.2) is 34.4 Å². The first-order valence-corrected chi connectivity index (χ1v) is 7.44. The molecule has 1 saturated carbocycles. The first kappa shape index (κ1) is 11.9. The quantitative estimate of drug-likeness (QED) is 0.823. The van der Waals surface area contributed by atoms with Gasteiger partial charge in [-0.3, -0.25) is 4.90 Å². The van der Waals surface area contributed by atoms with Crippen LogP contribution in [0.3, 0.4) is 0 Å². The van der Waals surface area contributed by atoms with Crippen molar-refractivity contribution in [1.29, 1.82) is 0 Å². The predicted molar refractivity (Wildman–Crippen MR) is 72.3 cm³/mol. The highest BCUT2D eigenvalue weighted by Crippen LogP contribution is 2.26. The second-order valence-corrected chi connectivity index (χ2v) is 5.83. The molecule has 1 aliphatic rings. The first-order valence-electron chi connectivity index (χ1n) is 6.56. The Morgan fingerprint density at radius 1 is 1.33 bits per heavy atom. The van der Waals surface area contributed by atoms with E-state index in [1.807, 2.05) is 12.3 Å². The zero-order valence-corrected chi connectivity index (χ0v) is 11.2. The zero-order valence-electron chi connectivity index (χ0n) is 10.4. The van der Waals surface area contributed by atoms with Gasteiger partial charge in [0.25, 0.3) is 0 Å². The summed E-state index contributed by atoms with van der Waals surface area (Å²) in [5.74, 6) is 1.05. The summed E-state index contributed by atoms with van der Waals surface area (Å²) in [4.78, 5) is 6.92. The largest absolute Gasteiger partial charge is 0.468 e. The third-order valence-corrected chi connectivity index (χ3v) is 4.37. The lowest BCUT2D eigenvalue weighted by atomic mass is 10.2. The molecule has 0 spiro atoms. The van der Waals surface area contributed by atoms with Gasteiger partial charge in [-0.15, -0.1) is 11.3 Å². The van der Waals surface area contributed by atoms with Crippen LogP contribution in [0.4, 0.5) is 0 Å². The van der Waals surface area contributed by atoms with Crippen LogP contribution in [0.5, 0.6) is 0 Å². The Labute approximate surface area is 111 Å². The highest BCUT2D eigenvalue weighted by Gasteiger charge is 2.24. The van der Waals surface area contributed by atoms with Gasteiger partial charge in [0, 0.05) is 17.6 Å². The average molecular weight is 262 g/mol. The molecule has 1 aliphatic carbocycles. The van der Waals surface area contributed by atoms with E-state index in [0.717, 1.165) is 18.8 Å². The predicted octanol–water partition coefficient (Wildman–Crippen LogP) is 3.68. The van der Waals surface area contributed by atoms with E-state index in [0.29, 0.717) is 6.04 Å². The van der Waals surface area contributed by atoms with Crippen molar-refractivity contribution in [2.75, 3.05) is 0 Å². The third-order valence-electron chi connectivity index (χ3n) is 3.60. The van der Waals surface area contributed by atoms with E-state index >= 15 is 0 Å². The molecule has 4 heteroatoms. The van der Waals surface area contributed by atoms with Crippen LogP contribution in [-0.4, -0.2) is 15.9 Å². The van der Waals surface area contributed by atoms with E-state index in [9.17, 15) is 0 Å². The Morgan fingerprint density at radius 2 is 2.22 bits per heavy atom. The standard InChI is InChI=1S/C14H18N2OS/c1-2-5-12(4-1)16(10-13-6-3-8-17-13)11-14-15-7-9-18-14/h3,6-9,12H,1-2,4-5,10-11H2. The topological polar surface area (TPSA) is 29.3 Å². The smallest absolute Gasteiger partial charge is 0.117 e. The molecule has 0 radical (unpaired) electrons. The number of hydrogen-bond donors (Lipinski definition) is 0. The molecular weight excluding hydrogens is 244 g/mol. The maximum Gasteiger partial charge on any atom is 0.117 e. The highest BCUT2D eigenvalue weighted by molar-refractivity contribution is 7.09. The van der Waals surface area contributed by atoms with Gasteiger partial charge in [-0.1, -0.05) is 12.8 Å². The molecule has 2 aromatic heterocycles. The molecule has 0 bridgehead atoms. The monoisotopic (exact) mass is 262 g/mol. The Hall–Kier alpha value is -1.13. The van der Waals surface area contributed by atoms with Gasteiger partial charge in [-0.25, -0.2) is 4.98 Å². The number of hydrogen-bond acceptors (Lipinski definition) is 4. The molecule has 0 aliphatic heterocycles. The summed E-state index contributed by atoms with van der Waals surface area (Å²) < 4.78 is 5.48. The summed E-state index contributed by atoms with van der Waals surface area (Å²) in [6, 6.07) is 4.72. The second kappa shape index (κ2) is 5.67. The Morgan fingerprint density at radius 3 is 2.89 bits per heavy atom. The lowest BCUT2D eigenvalue weighted by molar-refractivity contribution is 0.167. The van der Waals surface area contributed by atoms with Gasteiger partial charge in [0.2, 0.25) is 0 Å². The lowest BCUT2D eigenvalue weighted by Gasteiger charge is -2.26. The Bertz CT molecular complexity index is 410. The molecule has 3 nitrogen and oxygen atoms in total.